The van der Waals surface area contributed by atoms with Gasteiger partial charge in [-0.2, -0.15) is 0 Å². The number of hydrogen-bond acceptors (Lipinski definition) is 5. The van der Waals surface area contributed by atoms with Gasteiger partial charge in [-0.25, -0.2) is 4.98 Å². The summed E-state index contributed by atoms with van der Waals surface area (Å²) in [5.41, 5.74) is 0.753. The molecule has 1 heterocycles. The fourth-order valence-corrected chi connectivity index (χ4v) is 2.96. The molecule has 18 heavy (non-hydrogen) atoms. The standard InChI is InChI=1S/C13H24N2O2S/c1-5-11(6-2)15(7-8-17-4)13-14-12(9-18-13)10(3)16/h9-11,16H,5-8H2,1-4H3. The fraction of sp³-hybridized carbons (Fsp3) is 0.769. The van der Waals surface area contributed by atoms with Gasteiger partial charge in [0, 0.05) is 25.1 Å². The Kier molecular flexibility index (Phi) is 6.60. The molecular weight excluding hydrogens is 248 g/mol. The van der Waals surface area contributed by atoms with Crippen LogP contribution in [-0.2, 0) is 4.74 Å². The van der Waals surface area contributed by atoms with Crippen molar-refractivity contribution in [3.8, 4) is 0 Å². The van der Waals surface area contributed by atoms with E-state index in [-0.39, 0.29) is 0 Å². The number of ether oxygens (including phenoxy) is 1. The van der Waals surface area contributed by atoms with E-state index in [0.29, 0.717) is 12.6 Å². The van der Waals surface area contributed by atoms with Crippen molar-refractivity contribution in [2.75, 3.05) is 25.2 Å². The zero-order valence-corrected chi connectivity index (χ0v) is 12.5. The quantitative estimate of drug-likeness (QED) is 0.790. The highest BCUT2D eigenvalue weighted by Crippen LogP contribution is 2.27. The van der Waals surface area contributed by atoms with Crippen molar-refractivity contribution in [1.82, 2.24) is 4.98 Å². The third-order valence-corrected chi connectivity index (χ3v) is 4.00. The summed E-state index contributed by atoms with van der Waals surface area (Å²) >= 11 is 1.59. The van der Waals surface area contributed by atoms with Crippen molar-refractivity contribution in [2.24, 2.45) is 0 Å². The van der Waals surface area contributed by atoms with Gasteiger partial charge in [0.15, 0.2) is 5.13 Å². The number of rotatable bonds is 8. The Balaban J connectivity index is 2.85. The summed E-state index contributed by atoms with van der Waals surface area (Å²) in [4.78, 5) is 6.81. The summed E-state index contributed by atoms with van der Waals surface area (Å²) in [6.07, 6.45) is 1.68. The van der Waals surface area contributed by atoms with Crippen molar-refractivity contribution in [1.29, 1.82) is 0 Å². The largest absolute Gasteiger partial charge is 0.387 e. The summed E-state index contributed by atoms with van der Waals surface area (Å²) in [7, 11) is 1.72. The lowest BCUT2D eigenvalue weighted by atomic mass is 10.1. The van der Waals surface area contributed by atoms with Gasteiger partial charge >= 0.3 is 0 Å². The Morgan fingerprint density at radius 1 is 1.44 bits per heavy atom. The zero-order valence-electron chi connectivity index (χ0n) is 11.7. The van der Waals surface area contributed by atoms with Crippen LogP contribution >= 0.6 is 11.3 Å². The highest BCUT2D eigenvalue weighted by Gasteiger charge is 2.19. The van der Waals surface area contributed by atoms with Gasteiger partial charge < -0.3 is 14.7 Å². The molecule has 1 unspecified atom stereocenters. The minimum Gasteiger partial charge on any atom is -0.387 e. The third kappa shape index (κ3) is 3.93. The smallest absolute Gasteiger partial charge is 0.185 e. The molecule has 0 saturated carbocycles. The number of aromatic nitrogens is 1. The van der Waals surface area contributed by atoms with Gasteiger partial charge in [0.1, 0.15) is 0 Å². The molecule has 1 aromatic heterocycles. The predicted molar refractivity (Wildman–Crippen MR) is 76.3 cm³/mol. The molecule has 104 valence electrons. The molecule has 1 atom stereocenters. The minimum absolute atomic E-state index is 0.480. The molecule has 0 aliphatic heterocycles. The number of nitrogens with zero attached hydrogens (tertiary/aromatic N) is 2. The molecule has 4 nitrogen and oxygen atoms in total. The van der Waals surface area contributed by atoms with Crippen molar-refractivity contribution < 1.29 is 9.84 Å². The van der Waals surface area contributed by atoms with E-state index in [1.54, 1.807) is 25.4 Å². The summed E-state index contributed by atoms with van der Waals surface area (Å²) in [6.45, 7) is 7.67. The molecule has 0 aliphatic rings. The average Bonchev–Trinajstić information content (AvgIpc) is 2.84. The summed E-state index contributed by atoms with van der Waals surface area (Å²) in [5, 5.41) is 12.5. The van der Waals surface area contributed by atoms with Crippen LogP contribution in [0.3, 0.4) is 0 Å². The van der Waals surface area contributed by atoms with Crippen LogP contribution < -0.4 is 4.90 Å². The molecule has 0 aliphatic carbocycles. The highest BCUT2D eigenvalue weighted by atomic mass is 32.1. The van der Waals surface area contributed by atoms with Crippen LogP contribution in [0.15, 0.2) is 5.38 Å². The van der Waals surface area contributed by atoms with Gasteiger partial charge in [-0.05, 0) is 19.8 Å². The molecule has 1 N–H and O–H groups in total. The molecule has 5 heteroatoms. The van der Waals surface area contributed by atoms with Crippen LogP contribution in [0, 0.1) is 0 Å². The molecule has 0 amide bonds. The molecular formula is C13H24N2O2S. The molecule has 1 rings (SSSR count). The number of thiazole rings is 1. The molecule has 0 bridgehead atoms. The summed E-state index contributed by atoms with van der Waals surface area (Å²) < 4.78 is 5.17. The van der Waals surface area contributed by atoms with Crippen molar-refractivity contribution >= 4 is 16.5 Å². The maximum absolute atomic E-state index is 9.55. The Labute approximate surface area is 114 Å². The first-order valence-corrected chi connectivity index (χ1v) is 7.41. The highest BCUT2D eigenvalue weighted by molar-refractivity contribution is 7.13. The molecule has 0 radical (unpaired) electrons. The second kappa shape index (κ2) is 7.71. The Morgan fingerprint density at radius 2 is 2.11 bits per heavy atom. The Bertz CT molecular complexity index is 337. The minimum atomic E-state index is -0.499. The van der Waals surface area contributed by atoms with E-state index in [0.717, 1.165) is 30.2 Å². The van der Waals surface area contributed by atoms with E-state index in [1.165, 1.54) is 0 Å². The lowest BCUT2D eigenvalue weighted by Crippen LogP contribution is -2.37. The monoisotopic (exact) mass is 272 g/mol. The van der Waals surface area contributed by atoms with E-state index in [2.05, 4.69) is 23.7 Å². The van der Waals surface area contributed by atoms with Crippen molar-refractivity contribution in [2.45, 2.75) is 45.8 Å². The van der Waals surface area contributed by atoms with Gasteiger partial charge in [0.25, 0.3) is 0 Å². The van der Waals surface area contributed by atoms with Gasteiger partial charge in [-0.3, -0.25) is 0 Å². The number of anilines is 1. The second-order valence-corrected chi connectivity index (χ2v) is 5.22. The molecule has 0 fully saturated rings. The first-order chi connectivity index (χ1) is 8.63. The van der Waals surface area contributed by atoms with E-state index >= 15 is 0 Å². The lowest BCUT2D eigenvalue weighted by Gasteiger charge is -2.30. The number of hydrogen-bond donors (Lipinski definition) is 1. The fourth-order valence-electron chi connectivity index (χ4n) is 1.95. The van der Waals surface area contributed by atoms with E-state index < -0.39 is 6.10 Å². The third-order valence-electron chi connectivity index (χ3n) is 3.10. The zero-order chi connectivity index (χ0) is 13.5. The second-order valence-electron chi connectivity index (χ2n) is 4.39. The van der Waals surface area contributed by atoms with E-state index in [1.807, 2.05) is 5.38 Å². The van der Waals surface area contributed by atoms with Gasteiger partial charge in [0.05, 0.1) is 18.4 Å². The van der Waals surface area contributed by atoms with E-state index in [4.69, 9.17) is 4.74 Å². The van der Waals surface area contributed by atoms with Crippen LogP contribution in [0.2, 0.25) is 0 Å². The molecule has 0 saturated heterocycles. The average molecular weight is 272 g/mol. The number of methoxy groups -OCH3 is 1. The number of aliphatic hydroxyl groups excluding tert-OH is 1. The van der Waals surface area contributed by atoms with Gasteiger partial charge in [-0.1, -0.05) is 13.8 Å². The maximum atomic E-state index is 9.55. The van der Waals surface area contributed by atoms with Crippen molar-refractivity contribution in [3.63, 3.8) is 0 Å². The summed E-state index contributed by atoms with van der Waals surface area (Å²) in [6, 6.07) is 0.480. The van der Waals surface area contributed by atoms with Gasteiger partial charge in [0.2, 0.25) is 0 Å². The number of aliphatic hydroxyl groups is 1. The molecule has 1 aromatic rings. The molecule has 0 aromatic carbocycles. The van der Waals surface area contributed by atoms with Crippen LogP contribution in [0.1, 0.15) is 45.4 Å². The Morgan fingerprint density at radius 3 is 2.56 bits per heavy atom. The first-order valence-electron chi connectivity index (χ1n) is 6.53. The SMILES string of the molecule is CCC(CC)N(CCOC)c1nc(C(C)O)cs1. The first kappa shape index (κ1) is 15.4. The topological polar surface area (TPSA) is 45.6 Å². The lowest BCUT2D eigenvalue weighted by molar-refractivity contribution is 0.194. The Hall–Kier alpha value is -0.650. The van der Waals surface area contributed by atoms with Gasteiger partial charge in [-0.15, -0.1) is 11.3 Å². The van der Waals surface area contributed by atoms with Crippen molar-refractivity contribution in [3.05, 3.63) is 11.1 Å². The van der Waals surface area contributed by atoms with Crippen LogP contribution in [0.5, 0.6) is 0 Å². The summed E-state index contributed by atoms with van der Waals surface area (Å²) in [5.74, 6) is 0. The van der Waals surface area contributed by atoms with Crippen LogP contribution in [0.4, 0.5) is 5.13 Å². The van der Waals surface area contributed by atoms with Crippen LogP contribution in [0.25, 0.3) is 0 Å². The maximum Gasteiger partial charge on any atom is 0.185 e. The predicted octanol–water partition coefficient (Wildman–Crippen LogP) is 2.84. The normalized spacial score (nSPS) is 13.0. The molecule has 0 spiro atoms. The van der Waals surface area contributed by atoms with E-state index in [9.17, 15) is 5.11 Å². The van der Waals surface area contributed by atoms with Crippen LogP contribution in [-0.4, -0.2) is 36.4 Å².